The van der Waals surface area contributed by atoms with Crippen LogP contribution in [0.3, 0.4) is 0 Å². The van der Waals surface area contributed by atoms with Crippen LogP contribution in [0.4, 0.5) is 0 Å². The molecule has 0 radical (unpaired) electrons. The second-order valence-electron chi connectivity index (χ2n) is 7.23. The highest BCUT2D eigenvalue weighted by molar-refractivity contribution is 7.89. The van der Waals surface area contributed by atoms with Gasteiger partial charge in [0.05, 0.1) is 5.75 Å². The molecule has 0 unspecified atom stereocenters. The Morgan fingerprint density at radius 1 is 1.12 bits per heavy atom. The first-order valence-corrected chi connectivity index (χ1v) is 11.8. The molecular formula is C17H29N3O2S2. The number of nitrogens with zero attached hydrogens (tertiary/aromatic N) is 3. The van der Waals surface area contributed by atoms with E-state index in [2.05, 4.69) is 10.2 Å². The van der Waals surface area contributed by atoms with Gasteiger partial charge in [-0.3, -0.25) is 0 Å². The van der Waals surface area contributed by atoms with Gasteiger partial charge in [-0.25, -0.2) is 12.7 Å². The fraction of sp³-hybridized carbons (Fsp3) is 0.882. The molecule has 2 heterocycles. The van der Waals surface area contributed by atoms with E-state index < -0.39 is 10.0 Å². The molecule has 1 aliphatic carbocycles. The lowest BCUT2D eigenvalue weighted by Crippen LogP contribution is -2.39. The maximum Gasteiger partial charge on any atom is 0.214 e. The van der Waals surface area contributed by atoms with Crippen LogP contribution in [0.1, 0.15) is 74.2 Å². The van der Waals surface area contributed by atoms with E-state index in [9.17, 15) is 8.42 Å². The first-order valence-electron chi connectivity index (χ1n) is 9.38. The predicted molar refractivity (Wildman–Crippen MR) is 97.8 cm³/mol. The van der Waals surface area contributed by atoms with Crippen LogP contribution >= 0.6 is 11.3 Å². The summed E-state index contributed by atoms with van der Waals surface area (Å²) < 4.78 is 26.3. The van der Waals surface area contributed by atoms with Gasteiger partial charge in [-0.05, 0) is 25.2 Å². The van der Waals surface area contributed by atoms with Crippen molar-refractivity contribution < 1.29 is 8.42 Å². The standard InChI is InChI=1S/C17H29N3O2S2/c1-2-3-12-24(21,22)20-10-8-15(9-11-20)17-19-18-16(23-17)13-14-6-4-5-7-14/h14-15H,2-13H2,1H3. The Labute approximate surface area is 149 Å². The highest BCUT2D eigenvalue weighted by Gasteiger charge is 2.30. The van der Waals surface area contributed by atoms with Crippen molar-refractivity contribution in [1.82, 2.24) is 14.5 Å². The summed E-state index contributed by atoms with van der Waals surface area (Å²) in [4.78, 5) is 0. The minimum Gasteiger partial charge on any atom is -0.212 e. The van der Waals surface area contributed by atoms with Crippen molar-refractivity contribution in [1.29, 1.82) is 0 Å². The first-order chi connectivity index (χ1) is 11.6. The van der Waals surface area contributed by atoms with E-state index in [-0.39, 0.29) is 0 Å². The van der Waals surface area contributed by atoms with Crippen molar-refractivity contribution >= 4 is 21.4 Å². The van der Waals surface area contributed by atoms with E-state index >= 15 is 0 Å². The third-order valence-corrected chi connectivity index (χ3v) is 8.44. The van der Waals surface area contributed by atoms with Gasteiger partial charge in [0.1, 0.15) is 10.0 Å². The first kappa shape index (κ1) is 18.3. The quantitative estimate of drug-likeness (QED) is 0.735. The van der Waals surface area contributed by atoms with Crippen molar-refractivity contribution in [3.63, 3.8) is 0 Å². The maximum atomic E-state index is 12.3. The van der Waals surface area contributed by atoms with Crippen molar-refractivity contribution in [3.8, 4) is 0 Å². The zero-order valence-corrected chi connectivity index (χ0v) is 16.2. The second-order valence-corrected chi connectivity index (χ2v) is 10.4. The Morgan fingerprint density at radius 2 is 1.83 bits per heavy atom. The fourth-order valence-electron chi connectivity index (χ4n) is 3.81. The summed E-state index contributed by atoms with van der Waals surface area (Å²) in [7, 11) is -3.06. The largest absolute Gasteiger partial charge is 0.214 e. The SMILES string of the molecule is CCCCS(=O)(=O)N1CCC(c2nnc(CC3CCCC3)s2)CC1. The van der Waals surface area contributed by atoms with Crippen LogP contribution in [0, 0.1) is 5.92 Å². The molecule has 0 N–H and O–H groups in total. The Bertz CT molecular complexity index is 616. The molecule has 2 aliphatic rings. The monoisotopic (exact) mass is 371 g/mol. The topological polar surface area (TPSA) is 63.2 Å². The Balaban J connectivity index is 1.52. The molecule has 0 amide bonds. The molecule has 0 bridgehead atoms. The number of aromatic nitrogens is 2. The maximum absolute atomic E-state index is 12.3. The van der Waals surface area contributed by atoms with Gasteiger partial charge in [0.15, 0.2) is 0 Å². The van der Waals surface area contributed by atoms with Crippen LogP contribution in [0.2, 0.25) is 0 Å². The number of rotatable bonds is 7. The second kappa shape index (κ2) is 8.23. The lowest BCUT2D eigenvalue weighted by atomic mass is 9.99. The number of unbranched alkanes of at least 4 members (excludes halogenated alkanes) is 1. The zero-order chi connectivity index (χ0) is 17.0. The molecule has 2 fully saturated rings. The van der Waals surface area contributed by atoms with Gasteiger partial charge in [-0.2, -0.15) is 0 Å². The normalized spacial score (nSPS) is 21.5. The summed E-state index contributed by atoms with van der Waals surface area (Å²) in [6.45, 7) is 3.29. The fourth-order valence-corrected chi connectivity index (χ4v) is 6.62. The smallest absolute Gasteiger partial charge is 0.212 e. The lowest BCUT2D eigenvalue weighted by Gasteiger charge is -2.30. The number of piperidine rings is 1. The highest BCUT2D eigenvalue weighted by Crippen LogP contribution is 2.33. The van der Waals surface area contributed by atoms with Gasteiger partial charge >= 0.3 is 0 Å². The molecule has 1 aliphatic heterocycles. The van der Waals surface area contributed by atoms with E-state index in [0.29, 0.717) is 24.8 Å². The van der Waals surface area contributed by atoms with Gasteiger partial charge in [0, 0.05) is 25.4 Å². The van der Waals surface area contributed by atoms with Gasteiger partial charge in [0.2, 0.25) is 10.0 Å². The van der Waals surface area contributed by atoms with Crippen LogP contribution in [-0.2, 0) is 16.4 Å². The van der Waals surface area contributed by atoms with Gasteiger partial charge in [-0.15, -0.1) is 21.5 Å². The summed E-state index contributed by atoms with van der Waals surface area (Å²) in [5, 5.41) is 11.1. The van der Waals surface area contributed by atoms with Gasteiger partial charge in [-0.1, -0.05) is 39.0 Å². The lowest BCUT2D eigenvalue weighted by molar-refractivity contribution is 0.318. The molecule has 0 aromatic carbocycles. The van der Waals surface area contributed by atoms with Crippen LogP contribution in [0.25, 0.3) is 0 Å². The average molecular weight is 372 g/mol. The molecular weight excluding hydrogens is 342 g/mol. The third kappa shape index (κ3) is 4.55. The highest BCUT2D eigenvalue weighted by atomic mass is 32.2. The molecule has 24 heavy (non-hydrogen) atoms. The van der Waals surface area contributed by atoms with Gasteiger partial charge < -0.3 is 0 Å². The minimum absolute atomic E-state index is 0.290. The van der Waals surface area contributed by atoms with Crippen LogP contribution in [-0.4, -0.2) is 41.8 Å². The molecule has 7 heteroatoms. The molecule has 1 aromatic heterocycles. The molecule has 5 nitrogen and oxygen atoms in total. The van der Waals surface area contributed by atoms with Crippen LogP contribution in [0.5, 0.6) is 0 Å². The molecule has 1 saturated heterocycles. The molecule has 0 spiro atoms. The van der Waals surface area contributed by atoms with E-state index in [1.807, 2.05) is 6.92 Å². The molecule has 1 saturated carbocycles. The summed E-state index contributed by atoms with van der Waals surface area (Å²) in [6, 6.07) is 0. The van der Waals surface area contributed by atoms with Crippen molar-refractivity contribution in [2.24, 2.45) is 5.92 Å². The number of sulfonamides is 1. The predicted octanol–water partition coefficient (Wildman–Crippen LogP) is 3.58. The van der Waals surface area contributed by atoms with E-state index in [0.717, 1.165) is 43.0 Å². The van der Waals surface area contributed by atoms with Crippen molar-refractivity contribution in [3.05, 3.63) is 10.0 Å². The summed E-state index contributed by atoms with van der Waals surface area (Å²) in [5.74, 6) is 1.48. The Kier molecular flexibility index (Phi) is 6.27. The molecule has 1 aromatic rings. The van der Waals surface area contributed by atoms with Crippen LogP contribution < -0.4 is 0 Å². The van der Waals surface area contributed by atoms with E-state index in [4.69, 9.17) is 0 Å². The molecule has 0 atom stereocenters. The summed E-state index contributed by atoms with van der Waals surface area (Å²) in [6.07, 6.45) is 9.91. The molecule has 136 valence electrons. The Morgan fingerprint density at radius 3 is 2.50 bits per heavy atom. The van der Waals surface area contributed by atoms with Crippen molar-refractivity contribution in [2.45, 2.75) is 70.6 Å². The summed E-state index contributed by atoms with van der Waals surface area (Å²) >= 11 is 1.76. The number of hydrogen-bond acceptors (Lipinski definition) is 5. The Hall–Kier alpha value is -0.530. The van der Waals surface area contributed by atoms with Crippen molar-refractivity contribution in [2.75, 3.05) is 18.8 Å². The number of hydrogen-bond donors (Lipinski definition) is 0. The minimum atomic E-state index is -3.06. The van der Waals surface area contributed by atoms with Crippen LogP contribution in [0.15, 0.2) is 0 Å². The van der Waals surface area contributed by atoms with Gasteiger partial charge in [0.25, 0.3) is 0 Å². The third-order valence-electron chi connectivity index (χ3n) is 5.37. The van der Waals surface area contributed by atoms with E-state index in [1.165, 1.54) is 30.7 Å². The van der Waals surface area contributed by atoms with E-state index in [1.54, 1.807) is 15.6 Å². The average Bonchev–Trinajstić information content (AvgIpc) is 3.26. The molecule has 3 rings (SSSR count). The summed E-state index contributed by atoms with van der Waals surface area (Å²) in [5.41, 5.74) is 0. The zero-order valence-electron chi connectivity index (χ0n) is 14.6.